The van der Waals surface area contributed by atoms with Gasteiger partial charge in [0.25, 0.3) is 0 Å². The zero-order valence-electron chi connectivity index (χ0n) is 12.1. The molecule has 21 heavy (non-hydrogen) atoms. The minimum absolute atomic E-state index is 0.254. The molecule has 6 heteroatoms. The number of hydrogen-bond acceptors (Lipinski definition) is 4. The monoisotopic (exact) mass is 306 g/mol. The van der Waals surface area contributed by atoms with Gasteiger partial charge < -0.3 is 0 Å². The Hall–Kier alpha value is -1.95. The Balaban J connectivity index is 2.37. The van der Waals surface area contributed by atoms with E-state index < -0.39 is 9.84 Å². The zero-order valence-corrected chi connectivity index (χ0v) is 12.9. The van der Waals surface area contributed by atoms with Crippen LogP contribution in [0.4, 0.5) is 0 Å². The molecule has 0 aliphatic rings. The predicted octanol–water partition coefficient (Wildman–Crippen LogP) is 2.57. The molecule has 2 rings (SSSR count). The van der Waals surface area contributed by atoms with Crippen molar-refractivity contribution in [2.45, 2.75) is 31.2 Å². The first kappa shape index (κ1) is 15.4. The average Bonchev–Trinajstić information content (AvgIpc) is 2.87. The summed E-state index contributed by atoms with van der Waals surface area (Å²) in [6, 6.07) is 6.42. The first-order chi connectivity index (χ1) is 9.95. The molecule has 0 spiro atoms. The van der Waals surface area contributed by atoms with Crippen molar-refractivity contribution in [2.24, 2.45) is 0 Å². The second-order valence-corrected chi connectivity index (χ2v) is 6.98. The summed E-state index contributed by atoms with van der Waals surface area (Å²) in [7, 11) is -3.22. The molecule has 0 bridgehead atoms. The van der Waals surface area contributed by atoms with Crippen molar-refractivity contribution in [2.75, 3.05) is 6.26 Å². The molecule has 0 unspecified atom stereocenters. The molecule has 0 aliphatic carbocycles. The third-order valence-corrected chi connectivity index (χ3v) is 4.34. The van der Waals surface area contributed by atoms with E-state index in [0.717, 1.165) is 31.2 Å². The third-order valence-electron chi connectivity index (χ3n) is 3.21. The van der Waals surface area contributed by atoms with Crippen molar-refractivity contribution in [3.05, 3.63) is 36.0 Å². The van der Waals surface area contributed by atoms with E-state index in [2.05, 4.69) is 12.0 Å². The maximum absolute atomic E-state index is 11.5. The number of aryl methyl sites for hydroxylation is 1. The number of aromatic nitrogens is 2. The average molecular weight is 306 g/mol. The van der Waals surface area contributed by atoms with Gasteiger partial charge in [-0.1, -0.05) is 25.5 Å². The molecule has 1 aromatic heterocycles. The number of hydrogen-bond donors (Lipinski definition) is 0. The van der Waals surface area contributed by atoms with E-state index >= 15 is 0 Å². The van der Waals surface area contributed by atoms with E-state index in [1.165, 1.54) is 18.4 Å². The van der Waals surface area contributed by atoms with Crippen LogP contribution in [0.5, 0.6) is 0 Å². The van der Waals surface area contributed by atoms with E-state index in [1.807, 2.05) is 0 Å². The third kappa shape index (κ3) is 3.58. The fraction of sp³-hybridized carbons (Fsp3) is 0.333. The minimum atomic E-state index is -3.22. The number of benzene rings is 1. The Labute approximate surface area is 124 Å². The van der Waals surface area contributed by atoms with Crippen molar-refractivity contribution in [1.82, 2.24) is 9.78 Å². The summed E-state index contributed by atoms with van der Waals surface area (Å²) in [6.45, 7) is 2.85. The normalized spacial score (nSPS) is 11.5. The van der Waals surface area contributed by atoms with Crippen LogP contribution in [-0.2, 0) is 16.4 Å². The molecule has 0 aliphatic heterocycles. The fourth-order valence-electron chi connectivity index (χ4n) is 2.04. The van der Waals surface area contributed by atoms with Gasteiger partial charge in [0.15, 0.2) is 16.1 Å². The van der Waals surface area contributed by atoms with Gasteiger partial charge in [-0.25, -0.2) is 8.42 Å². The minimum Gasteiger partial charge on any atom is -0.298 e. The van der Waals surface area contributed by atoms with Gasteiger partial charge in [-0.15, -0.1) is 0 Å². The van der Waals surface area contributed by atoms with E-state index in [1.54, 1.807) is 23.0 Å². The summed E-state index contributed by atoms with van der Waals surface area (Å²) in [4.78, 5) is 11.4. The maximum Gasteiger partial charge on any atom is 0.175 e. The van der Waals surface area contributed by atoms with Gasteiger partial charge in [0.2, 0.25) is 0 Å². The summed E-state index contributed by atoms with van der Waals surface area (Å²) in [5.74, 6) is 0. The van der Waals surface area contributed by atoms with Crippen LogP contribution < -0.4 is 0 Å². The van der Waals surface area contributed by atoms with Gasteiger partial charge in [0, 0.05) is 24.6 Å². The summed E-state index contributed by atoms with van der Waals surface area (Å²) >= 11 is 0. The molecule has 0 radical (unpaired) electrons. The number of sulfone groups is 1. The molecular formula is C15H18N2O3S. The Bertz CT molecular complexity index is 731. The predicted molar refractivity (Wildman–Crippen MR) is 81.1 cm³/mol. The lowest BCUT2D eigenvalue weighted by Crippen LogP contribution is -1.98. The van der Waals surface area contributed by atoms with Crippen LogP contribution in [0.3, 0.4) is 0 Å². The summed E-state index contributed by atoms with van der Waals surface area (Å²) in [5, 5.41) is 4.42. The number of unbranched alkanes of at least 4 members (excludes halogenated alkanes) is 1. The molecule has 0 N–H and O–H groups in total. The van der Waals surface area contributed by atoms with Crippen molar-refractivity contribution in [3.8, 4) is 11.3 Å². The van der Waals surface area contributed by atoms with Crippen LogP contribution in [0.2, 0.25) is 0 Å². The van der Waals surface area contributed by atoms with Crippen LogP contribution in [0.15, 0.2) is 35.4 Å². The molecule has 0 saturated heterocycles. The number of carbonyl (C=O) groups excluding carboxylic acids is 1. The first-order valence-corrected chi connectivity index (χ1v) is 8.68. The van der Waals surface area contributed by atoms with Crippen molar-refractivity contribution in [3.63, 3.8) is 0 Å². The van der Waals surface area contributed by atoms with Crippen molar-refractivity contribution >= 4 is 16.1 Å². The standard InChI is InChI=1S/C15H18N2O3S/c1-3-4-9-17-10-13(11-18)15(16-17)12-5-7-14(8-6-12)21(2,19)20/h5-8,10-11H,3-4,9H2,1-2H3. The Morgan fingerprint density at radius 2 is 1.90 bits per heavy atom. The highest BCUT2D eigenvalue weighted by Gasteiger charge is 2.12. The van der Waals surface area contributed by atoms with Crippen LogP contribution in [0.1, 0.15) is 30.1 Å². The quantitative estimate of drug-likeness (QED) is 0.769. The largest absolute Gasteiger partial charge is 0.298 e. The molecule has 0 fully saturated rings. The van der Waals surface area contributed by atoms with Crippen LogP contribution in [0, 0.1) is 0 Å². The number of carbonyl (C=O) groups is 1. The molecule has 1 heterocycles. The van der Waals surface area contributed by atoms with Crippen molar-refractivity contribution in [1.29, 1.82) is 0 Å². The smallest absolute Gasteiger partial charge is 0.175 e. The zero-order chi connectivity index (χ0) is 15.5. The van der Waals surface area contributed by atoms with Gasteiger partial charge in [0.1, 0.15) is 5.69 Å². The van der Waals surface area contributed by atoms with E-state index in [4.69, 9.17) is 0 Å². The van der Waals surface area contributed by atoms with Crippen LogP contribution >= 0.6 is 0 Å². The van der Waals surface area contributed by atoms with Gasteiger partial charge in [0.05, 0.1) is 10.5 Å². The molecule has 0 saturated carbocycles. The van der Waals surface area contributed by atoms with Gasteiger partial charge >= 0.3 is 0 Å². The van der Waals surface area contributed by atoms with Gasteiger partial charge in [-0.3, -0.25) is 9.48 Å². The van der Waals surface area contributed by atoms with E-state index in [0.29, 0.717) is 11.3 Å². The lowest BCUT2D eigenvalue weighted by Gasteiger charge is -2.01. The Kier molecular flexibility index (Phi) is 4.57. The SMILES string of the molecule is CCCCn1cc(C=O)c(-c2ccc(S(C)(=O)=O)cc2)n1. The second-order valence-electron chi connectivity index (χ2n) is 4.96. The molecule has 2 aromatic rings. The molecule has 1 aromatic carbocycles. The molecular weight excluding hydrogens is 288 g/mol. The lowest BCUT2D eigenvalue weighted by atomic mass is 10.1. The molecule has 0 amide bonds. The molecule has 5 nitrogen and oxygen atoms in total. The van der Waals surface area contributed by atoms with Gasteiger partial charge in [-0.05, 0) is 18.6 Å². The molecule has 112 valence electrons. The van der Waals surface area contributed by atoms with Crippen LogP contribution in [-0.4, -0.2) is 30.7 Å². The summed E-state index contributed by atoms with van der Waals surface area (Å²) in [5.41, 5.74) is 1.83. The molecule has 0 atom stereocenters. The number of nitrogens with zero attached hydrogens (tertiary/aromatic N) is 2. The van der Waals surface area contributed by atoms with Gasteiger partial charge in [-0.2, -0.15) is 5.10 Å². The first-order valence-electron chi connectivity index (χ1n) is 6.79. The Morgan fingerprint density at radius 3 is 2.43 bits per heavy atom. The fourth-order valence-corrected chi connectivity index (χ4v) is 2.67. The van der Waals surface area contributed by atoms with E-state index in [-0.39, 0.29) is 4.90 Å². The number of rotatable bonds is 6. The summed E-state index contributed by atoms with van der Waals surface area (Å²) < 4.78 is 24.7. The second kappa shape index (κ2) is 6.22. The number of aldehydes is 1. The van der Waals surface area contributed by atoms with E-state index in [9.17, 15) is 13.2 Å². The highest BCUT2D eigenvalue weighted by molar-refractivity contribution is 7.90. The Morgan fingerprint density at radius 1 is 1.24 bits per heavy atom. The van der Waals surface area contributed by atoms with Crippen LogP contribution in [0.25, 0.3) is 11.3 Å². The van der Waals surface area contributed by atoms with Crippen molar-refractivity contribution < 1.29 is 13.2 Å². The summed E-state index contributed by atoms with van der Waals surface area (Å²) in [6.07, 6.45) is 5.71. The highest BCUT2D eigenvalue weighted by atomic mass is 32.2. The topological polar surface area (TPSA) is 69.0 Å². The lowest BCUT2D eigenvalue weighted by molar-refractivity contribution is 0.112. The maximum atomic E-state index is 11.5. The highest BCUT2D eigenvalue weighted by Crippen LogP contribution is 2.23.